The highest BCUT2D eigenvalue weighted by atomic mass is 16.5. The Morgan fingerprint density at radius 3 is 2.58 bits per heavy atom. The molecule has 1 aromatic heterocycles. The lowest BCUT2D eigenvalue weighted by Gasteiger charge is -2.34. The van der Waals surface area contributed by atoms with Crippen molar-refractivity contribution in [2.75, 3.05) is 33.4 Å². The molecule has 3 rings (SSSR count). The zero-order valence-corrected chi connectivity index (χ0v) is 15.8. The van der Waals surface area contributed by atoms with E-state index in [2.05, 4.69) is 10.1 Å². The van der Waals surface area contributed by atoms with Gasteiger partial charge >= 0.3 is 0 Å². The molecule has 2 aliphatic heterocycles. The molecule has 0 aromatic carbocycles. The summed E-state index contributed by atoms with van der Waals surface area (Å²) in [6.07, 6.45) is 3.19. The van der Waals surface area contributed by atoms with Crippen LogP contribution in [0, 0.1) is 5.92 Å². The van der Waals surface area contributed by atoms with E-state index >= 15 is 0 Å². The van der Waals surface area contributed by atoms with Crippen LogP contribution >= 0.6 is 0 Å². The molecule has 0 radical (unpaired) electrons. The number of hydrogen-bond acceptors (Lipinski definition) is 6. The minimum atomic E-state index is -0.115. The van der Waals surface area contributed by atoms with Gasteiger partial charge in [-0.3, -0.25) is 9.59 Å². The Hall–Kier alpha value is -1.96. The highest BCUT2D eigenvalue weighted by Crippen LogP contribution is 2.34. The third-order valence-corrected chi connectivity index (χ3v) is 5.26. The SMILES string of the molecule is COCC(=O)N1CCC(C(=O)N2CCC[C@H]2c2nc(C(C)C)no2)CC1. The predicted molar refractivity (Wildman–Crippen MR) is 93.3 cm³/mol. The van der Waals surface area contributed by atoms with E-state index in [0.717, 1.165) is 19.4 Å². The molecule has 2 aliphatic rings. The number of likely N-dealkylation sites (tertiary alicyclic amines) is 2. The molecular formula is C18H28N4O4. The molecule has 144 valence electrons. The Morgan fingerprint density at radius 2 is 1.96 bits per heavy atom. The Bertz CT molecular complexity index is 637. The number of carbonyl (C=O) groups is 2. The van der Waals surface area contributed by atoms with Crippen LogP contribution in [0.3, 0.4) is 0 Å². The molecule has 8 nitrogen and oxygen atoms in total. The maximum absolute atomic E-state index is 13.0. The van der Waals surface area contributed by atoms with Crippen LogP contribution in [-0.4, -0.2) is 65.1 Å². The zero-order chi connectivity index (χ0) is 18.7. The summed E-state index contributed by atoms with van der Waals surface area (Å²) < 4.78 is 10.3. The van der Waals surface area contributed by atoms with Crippen molar-refractivity contribution in [2.45, 2.75) is 51.5 Å². The van der Waals surface area contributed by atoms with Gasteiger partial charge in [0.1, 0.15) is 12.6 Å². The van der Waals surface area contributed by atoms with Crippen molar-refractivity contribution in [2.24, 2.45) is 5.92 Å². The number of aromatic nitrogens is 2. The summed E-state index contributed by atoms with van der Waals surface area (Å²) in [6, 6.07) is -0.115. The van der Waals surface area contributed by atoms with Crippen molar-refractivity contribution in [3.8, 4) is 0 Å². The second kappa shape index (κ2) is 8.16. The molecule has 2 amide bonds. The molecule has 1 atom stereocenters. The molecule has 2 fully saturated rings. The number of carbonyl (C=O) groups excluding carboxylic acids is 2. The predicted octanol–water partition coefficient (Wildman–Crippen LogP) is 1.74. The van der Waals surface area contributed by atoms with Gasteiger partial charge in [-0.2, -0.15) is 4.98 Å². The van der Waals surface area contributed by atoms with E-state index in [1.807, 2.05) is 18.7 Å². The van der Waals surface area contributed by atoms with Crippen LogP contribution in [0.1, 0.15) is 63.2 Å². The minimum absolute atomic E-state index is 0.00970. The number of piperidine rings is 1. The minimum Gasteiger partial charge on any atom is -0.375 e. The summed E-state index contributed by atoms with van der Waals surface area (Å²) in [6.45, 7) is 6.08. The normalized spacial score (nSPS) is 21.6. The van der Waals surface area contributed by atoms with Crippen LogP contribution < -0.4 is 0 Å². The molecule has 8 heteroatoms. The third kappa shape index (κ3) is 3.90. The first-order chi connectivity index (χ1) is 12.5. The van der Waals surface area contributed by atoms with Gasteiger partial charge in [0.15, 0.2) is 5.82 Å². The van der Waals surface area contributed by atoms with Gasteiger partial charge in [-0.25, -0.2) is 0 Å². The molecule has 3 heterocycles. The van der Waals surface area contributed by atoms with Gasteiger partial charge in [-0.05, 0) is 25.7 Å². The zero-order valence-electron chi connectivity index (χ0n) is 15.8. The number of rotatable bonds is 5. The maximum atomic E-state index is 13.0. The highest BCUT2D eigenvalue weighted by Gasteiger charge is 2.38. The first kappa shape index (κ1) is 18.8. The van der Waals surface area contributed by atoms with E-state index in [9.17, 15) is 9.59 Å². The van der Waals surface area contributed by atoms with E-state index in [1.165, 1.54) is 7.11 Å². The summed E-state index contributed by atoms with van der Waals surface area (Å²) in [5.41, 5.74) is 0. The smallest absolute Gasteiger partial charge is 0.249 e. The molecular weight excluding hydrogens is 336 g/mol. The van der Waals surface area contributed by atoms with Gasteiger partial charge in [-0.1, -0.05) is 19.0 Å². The van der Waals surface area contributed by atoms with Gasteiger partial charge in [0.25, 0.3) is 0 Å². The summed E-state index contributed by atoms with van der Waals surface area (Å²) in [5, 5.41) is 4.03. The van der Waals surface area contributed by atoms with Crippen LogP contribution in [-0.2, 0) is 14.3 Å². The Morgan fingerprint density at radius 1 is 1.23 bits per heavy atom. The van der Waals surface area contributed by atoms with E-state index in [1.54, 1.807) is 4.90 Å². The van der Waals surface area contributed by atoms with Gasteiger partial charge in [0.05, 0.1) is 0 Å². The Balaban J connectivity index is 1.61. The fourth-order valence-corrected chi connectivity index (χ4v) is 3.73. The second-order valence-corrected chi connectivity index (χ2v) is 7.42. The van der Waals surface area contributed by atoms with Crippen molar-refractivity contribution in [1.29, 1.82) is 0 Å². The van der Waals surface area contributed by atoms with E-state index in [-0.39, 0.29) is 36.3 Å². The second-order valence-electron chi connectivity index (χ2n) is 7.42. The maximum Gasteiger partial charge on any atom is 0.249 e. The van der Waals surface area contributed by atoms with Gasteiger partial charge < -0.3 is 19.1 Å². The molecule has 0 aliphatic carbocycles. The quantitative estimate of drug-likeness (QED) is 0.791. The number of ether oxygens (including phenoxy) is 1. The fraction of sp³-hybridized carbons (Fsp3) is 0.778. The van der Waals surface area contributed by atoms with Gasteiger partial charge in [-0.15, -0.1) is 0 Å². The van der Waals surface area contributed by atoms with Crippen LogP contribution in [0.2, 0.25) is 0 Å². The number of methoxy groups -OCH3 is 1. The highest BCUT2D eigenvalue weighted by molar-refractivity contribution is 5.81. The average Bonchev–Trinajstić information content (AvgIpc) is 3.30. The molecule has 0 N–H and O–H groups in total. The van der Waals surface area contributed by atoms with Gasteiger partial charge in [0.2, 0.25) is 17.7 Å². The fourth-order valence-electron chi connectivity index (χ4n) is 3.73. The lowest BCUT2D eigenvalue weighted by molar-refractivity contribution is -0.143. The summed E-state index contributed by atoms with van der Waals surface area (Å²) in [4.78, 5) is 33.1. The van der Waals surface area contributed by atoms with Crippen molar-refractivity contribution >= 4 is 11.8 Å². The molecule has 0 unspecified atom stereocenters. The Labute approximate surface area is 153 Å². The number of amides is 2. The number of hydrogen-bond donors (Lipinski definition) is 0. The standard InChI is InChI=1S/C18H28N4O4/c1-12(2)16-19-17(26-20-16)14-5-4-8-22(14)18(24)13-6-9-21(10-7-13)15(23)11-25-3/h12-14H,4-11H2,1-3H3/t14-/m0/s1. The van der Waals surface area contributed by atoms with Crippen LogP contribution in [0.5, 0.6) is 0 Å². The molecule has 0 bridgehead atoms. The van der Waals surface area contributed by atoms with Gasteiger partial charge in [0, 0.05) is 38.6 Å². The number of nitrogens with zero attached hydrogens (tertiary/aromatic N) is 4. The largest absolute Gasteiger partial charge is 0.375 e. The first-order valence-electron chi connectivity index (χ1n) is 9.42. The van der Waals surface area contributed by atoms with Crippen molar-refractivity contribution < 1.29 is 18.8 Å². The van der Waals surface area contributed by atoms with E-state index in [4.69, 9.17) is 9.26 Å². The van der Waals surface area contributed by atoms with Crippen molar-refractivity contribution in [3.05, 3.63) is 11.7 Å². The molecule has 26 heavy (non-hydrogen) atoms. The van der Waals surface area contributed by atoms with Crippen molar-refractivity contribution in [1.82, 2.24) is 19.9 Å². The molecule has 2 saturated heterocycles. The topological polar surface area (TPSA) is 88.8 Å². The third-order valence-electron chi connectivity index (χ3n) is 5.26. The summed E-state index contributed by atoms with van der Waals surface area (Å²) in [7, 11) is 1.52. The molecule has 0 saturated carbocycles. The molecule has 1 aromatic rings. The van der Waals surface area contributed by atoms with Crippen LogP contribution in [0.25, 0.3) is 0 Å². The van der Waals surface area contributed by atoms with Crippen LogP contribution in [0.15, 0.2) is 4.52 Å². The molecule has 0 spiro atoms. The van der Waals surface area contributed by atoms with Crippen molar-refractivity contribution in [3.63, 3.8) is 0 Å². The lowest BCUT2D eigenvalue weighted by atomic mass is 9.95. The Kier molecular flexibility index (Phi) is 5.90. The lowest BCUT2D eigenvalue weighted by Crippen LogP contribution is -2.45. The van der Waals surface area contributed by atoms with E-state index < -0.39 is 0 Å². The first-order valence-corrected chi connectivity index (χ1v) is 9.42. The summed E-state index contributed by atoms with van der Waals surface area (Å²) in [5.74, 6) is 1.53. The average molecular weight is 364 g/mol. The van der Waals surface area contributed by atoms with E-state index in [0.29, 0.717) is 37.6 Å². The van der Waals surface area contributed by atoms with Crippen LogP contribution in [0.4, 0.5) is 0 Å². The summed E-state index contributed by atoms with van der Waals surface area (Å²) >= 11 is 0. The monoisotopic (exact) mass is 364 g/mol.